The molecule has 0 aromatic carbocycles. The number of hydrogen-bond donors (Lipinski definition) is 0. The minimum atomic E-state index is -3.40. The van der Waals surface area contributed by atoms with E-state index in [0.717, 1.165) is 0 Å². The van der Waals surface area contributed by atoms with Crippen LogP contribution in [-0.4, -0.2) is 22.9 Å². The van der Waals surface area contributed by atoms with Gasteiger partial charge >= 0.3 is 63.5 Å². The van der Waals surface area contributed by atoms with Crippen molar-refractivity contribution < 1.29 is 8.42 Å². The zero-order valence-corrected chi connectivity index (χ0v) is 7.53. The number of hydrogen-bond acceptors (Lipinski definition) is 2. The van der Waals surface area contributed by atoms with Crippen LogP contribution < -0.4 is 0 Å². The summed E-state index contributed by atoms with van der Waals surface area (Å²) in [5.41, 5.74) is 0. The summed E-state index contributed by atoms with van der Waals surface area (Å²) in [7, 11) is 1.62. The van der Waals surface area contributed by atoms with E-state index in [-0.39, 0.29) is 14.5 Å². The standard InChI is InChI=1S/C4H3ClO2SSe/c5-8(6,7)4-2-1-3-9-4/h1-3H. The number of rotatable bonds is 1. The molecule has 1 heterocycles. The van der Waals surface area contributed by atoms with E-state index in [0.29, 0.717) is 3.77 Å². The SMILES string of the molecule is O=S(=O)(Cl)c1ccc[se]1. The van der Waals surface area contributed by atoms with Gasteiger partial charge in [0, 0.05) is 0 Å². The molecule has 1 aromatic heterocycles. The van der Waals surface area contributed by atoms with Crippen molar-refractivity contribution in [1.29, 1.82) is 0 Å². The van der Waals surface area contributed by atoms with Gasteiger partial charge in [-0.25, -0.2) is 0 Å². The Morgan fingerprint density at radius 2 is 2.22 bits per heavy atom. The predicted molar refractivity (Wildman–Crippen MR) is 36.4 cm³/mol. The van der Waals surface area contributed by atoms with Crippen LogP contribution in [0.1, 0.15) is 0 Å². The van der Waals surface area contributed by atoms with E-state index in [9.17, 15) is 8.42 Å². The van der Waals surface area contributed by atoms with Crippen LogP contribution in [0.25, 0.3) is 0 Å². The summed E-state index contributed by atoms with van der Waals surface area (Å²) in [6, 6.07) is 3.23. The van der Waals surface area contributed by atoms with E-state index >= 15 is 0 Å². The van der Waals surface area contributed by atoms with E-state index in [1.165, 1.54) is 6.07 Å². The van der Waals surface area contributed by atoms with Crippen molar-refractivity contribution in [2.24, 2.45) is 0 Å². The molecular formula is C4H3ClO2SSe. The molecular weight excluding hydrogens is 227 g/mol. The summed E-state index contributed by atoms with van der Waals surface area (Å²) in [4.78, 5) is 1.81. The van der Waals surface area contributed by atoms with Gasteiger partial charge in [-0.1, -0.05) is 0 Å². The van der Waals surface area contributed by atoms with Gasteiger partial charge in [0.1, 0.15) is 0 Å². The van der Waals surface area contributed by atoms with E-state index in [2.05, 4.69) is 0 Å². The molecule has 0 saturated carbocycles. The molecule has 0 aliphatic rings. The van der Waals surface area contributed by atoms with Gasteiger partial charge in [-0.05, 0) is 0 Å². The van der Waals surface area contributed by atoms with Crippen LogP contribution in [0, 0.1) is 0 Å². The maximum absolute atomic E-state index is 10.5. The normalized spacial score (nSPS) is 11.7. The fourth-order valence-electron chi connectivity index (χ4n) is 0.402. The summed E-state index contributed by atoms with van der Waals surface area (Å²) in [6.45, 7) is 0. The third-order valence-electron chi connectivity index (χ3n) is 0.735. The summed E-state index contributed by atoms with van der Waals surface area (Å²) in [6.07, 6.45) is 0. The average molecular weight is 230 g/mol. The fourth-order valence-corrected chi connectivity index (χ4v) is 3.43. The molecule has 1 aromatic rings. The first kappa shape index (κ1) is 7.35. The van der Waals surface area contributed by atoms with Gasteiger partial charge in [-0.15, -0.1) is 0 Å². The summed E-state index contributed by atoms with van der Waals surface area (Å²) in [5, 5.41) is 0. The zero-order chi connectivity index (χ0) is 6.91. The molecule has 0 unspecified atom stereocenters. The molecule has 50 valence electrons. The van der Waals surface area contributed by atoms with Crippen molar-refractivity contribution in [2.75, 3.05) is 0 Å². The third-order valence-corrected chi connectivity index (χ3v) is 5.74. The Morgan fingerprint density at radius 1 is 1.56 bits per heavy atom. The van der Waals surface area contributed by atoms with Crippen molar-refractivity contribution in [3.63, 3.8) is 0 Å². The Bertz CT molecular complexity index is 276. The van der Waals surface area contributed by atoms with E-state index < -0.39 is 9.05 Å². The van der Waals surface area contributed by atoms with Crippen molar-refractivity contribution in [3.05, 3.63) is 17.1 Å². The van der Waals surface area contributed by atoms with Crippen LogP contribution in [0.15, 0.2) is 20.8 Å². The summed E-state index contributed by atoms with van der Waals surface area (Å²) < 4.78 is 21.4. The van der Waals surface area contributed by atoms with Crippen LogP contribution in [0.3, 0.4) is 0 Å². The van der Waals surface area contributed by atoms with Gasteiger partial charge in [-0.3, -0.25) is 0 Å². The second-order valence-electron chi connectivity index (χ2n) is 1.37. The van der Waals surface area contributed by atoms with Gasteiger partial charge in [0.05, 0.1) is 0 Å². The fraction of sp³-hybridized carbons (Fsp3) is 0. The third kappa shape index (κ3) is 1.83. The molecule has 0 saturated heterocycles. The van der Waals surface area contributed by atoms with Crippen molar-refractivity contribution in [1.82, 2.24) is 0 Å². The molecule has 1 rings (SSSR count). The quantitative estimate of drug-likeness (QED) is 0.524. The molecule has 9 heavy (non-hydrogen) atoms. The predicted octanol–water partition coefficient (Wildman–Crippen LogP) is 0.671. The molecule has 0 fully saturated rings. The summed E-state index contributed by atoms with van der Waals surface area (Å²) >= 11 is -0.0689. The molecule has 0 N–H and O–H groups in total. The molecule has 0 aliphatic heterocycles. The molecule has 2 nitrogen and oxygen atoms in total. The molecule has 0 bridgehead atoms. The van der Waals surface area contributed by atoms with Crippen molar-refractivity contribution in [3.8, 4) is 0 Å². The van der Waals surface area contributed by atoms with E-state index in [1.807, 2.05) is 4.94 Å². The number of halogens is 1. The molecule has 0 atom stereocenters. The topological polar surface area (TPSA) is 34.1 Å². The average Bonchev–Trinajstić information content (AvgIpc) is 2.08. The first-order valence-electron chi connectivity index (χ1n) is 2.09. The van der Waals surface area contributed by atoms with E-state index in [1.54, 1.807) is 6.07 Å². The van der Waals surface area contributed by atoms with Crippen LogP contribution >= 0.6 is 10.7 Å². The molecule has 0 spiro atoms. The van der Waals surface area contributed by atoms with Gasteiger partial charge in [0.15, 0.2) is 0 Å². The second kappa shape index (κ2) is 2.46. The van der Waals surface area contributed by atoms with Crippen molar-refractivity contribution >= 4 is 34.2 Å². The molecule has 5 heteroatoms. The van der Waals surface area contributed by atoms with E-state index in [4.69, 9.17) is 10.7 Å². The Balaban J connectivity index is 3.20. The Kier molecular flexibility index (Phi) is 2.01. The molecule has 0 radical (unpaired) electrons. The Morgan fingerprint density at radius 3 is 2.44 bits per heavy atom. The Labute approximate surface area is 63.6 Å². The van der Waals surface area contributed by atoms with Gasteiger partial charge < -0.3 is 0 Å². The van der Waals surface area contributed by atoms with Gasteiger partial charge in [0.2, 0.25) is 0 Å². The minimum absolute atomic E-state index is 0.0689. The molecule has 0 aliphatic carbocycles. The second-order valence-corrected chi connectivity index (χ2v) is 6.48. The maximum atomic E-state index is 10.5. The van der Waals surface area contributed by atoms with Crippen LogP contribution in [0.2, 0.25) is 0 Å². The first-order valence-corrected chi connectivity index (χ1v) is 6.24. The summed E-state index contributed by atoms with van der Waals surface area (Å²) in [5.74, 6) is 0. The van der Waals surface area contributed by atoms with Crippen LogP contribution in [-0.2, 0) is 9.05 Å². The monoisotopic (exact) mass is 230 g/mol. The zero-order valence-electron chi connectivity index (χ0n) is 4.24. The van der Waals surface area contributed by atoms with Gasteiger partial charge in [-0.2, -0.15) is 0 Å². The van der Waals surface area contributed by atoms with Crippen LogP contribution in [0.5, 0.6) is 0 Å². The van der Waals surface area contributed by atoms with Crippen LogP contribution in [0.4, 0.5) is 0 Å². The van der Waals surface area contributed by atoms with Crippen molar-refractivity contribution in [2.45, 2.75) is 3.77 Å². The molecule has 0 amide bonds. The van der Waals surface area contributed by atoms with Gasteiger partial charge in [0.25, 0.3) is 0 Å². The Hall–Kier alpha value is 0.239. The first-order chi connectivity index (χ1) is 4.11.